The third-order valence-electron chi connectivity index (χ3n) is 3.57. The lowest BCUT2D eigenvalue weighted by Gasteiger charge is -2.26. The van der Waals surface area contributed by atoms with E-state index in [2.05, 4.69) is 16.0 Å². The Morgan fingerprint density at radius 1 is 1.35 bits per heavy atom. The van der Waals surface area contributed by atoms with Crippen LogP contribution in [0.4, 0.5) is 0 Å². The zero-order chi connectivity index (χ0) is 12.1. The fraction of sp³-hybridized carbons (Fsp3) is 0.833. The van der Waals surface area contributed by atoms with Crippen molar-refractivity contribution in [3.63, 3.8) is 0 Å². The second-order valence-corrected chi connectivity index (χ2v) is 4.93. The van der Waals surface area contributed by atoms with E-state index in [4.69, 9.17) is 0 Å². The molecule has 0 bridgehead atoms. The molecule has 3 N–H and O–H groups in total. The predicted octanol–water partition coefficient (Wildman–Crippen LogP) is -0.229. The molecule has 0 aromatic carbocycles. The summed E-state index contributed by atoms with van der Waals surface area (Å²) in [5.41, 5.74) is 0. The molecular weight excluding hydrogens is 218 g/mol. The third-order valence-corrected chi connectivity index (χ3v) is 3.57. The molecule has 17 heavy (non-hydrogen) atoms. The fourth-order valence-corrected chi connectivity index (χ4v) is 2.42. The molecule has 2 unspecified atom stereocenters. The first kappa shape index (κ1) is 12.4. The minimum Gasteiger partial charge on any atom is -0.355 e. The van der Waals surface area contributed by atoms with Crippen LogP contribution in [-0.4, -0.2) is 37.5 Å². The quantitative estimate of drug-likeness (QED) is 0.637. The van der Waals surface area contributed by atoms with Crippen molar-refractivity contribution >= 4 is 11.8 Å². The summed E-state index contributed by atoms with van der Waals surface area (Å²) in [5, 5.41) is 9.12. The normalized spacial score (nSPS) is 29.5. The standard InChI is InChI=1S/C12H21N3O2/c16-11-5-4-9(7-14-11)12(17)15-8-10-3-1-2-6-13-10/h9-10,13H,1-8H2,(H,14,16)(H,15,17). The Hall–Kier alpha value is -1.10. The van der Waals surface area contributed by atoms with Gasteiger partial charge in [-0.1, -0.05) is 6.42 Å². The van der Waals surface area contributed by atoms with E-state index in [-0.39, 0.29) is 17.7 Å². The number of carbonyl (C=O) groups is 2. The summed E-state index contributed by atoms with van der Waals surface area (Å²) in [6, 6.07) is 0.422. The monoisotopic (exact) mass is 239 g/mol. The lowest BCUT2D eigenvalue weighted by atomic mass is 9.98. The Morgan fingerprint density at radius 2 is 2.24 bits per heavy atom. The summed E-state index contributed by atoms with van der Waals surface area (Å²) in [6.45, 7) is 2.26. The highest BCUT2D eigenvalue weighted by molar-refractivity contribution is 5.83. The van der Waals surface area contributed by atoms with Gasteiger partial charge in [-0.15, -0.1) is 0 Å². The maximum Gasteiger partial charge on any atom is 0.224 e. The maximum atomic E-state index is 11.9. The second kappa shape index (κ2) is 6.00. The van der Waals surface area contributed by atoms with Crippen LogP contribution in [0.15, 0.2) is 0 Å². The first-order valence-electron chi connectivity index (χ1n) is 6.53. The van der Waals surface area contributed by atoms with Gasteiger partial charge in [0.1, 0.15) is 0 Å². The minimum atomic E-state index is -0.0451. The van der Waals surface area contributed by atoms with Crippen molar-refractivity contribution < 1.29 is 9.59 Å². The van der Waals surface area contributed by atoms with Crippen molar-refractivity contribution in [2.24, 2.45) is 5.92 Å². The van der Waals surface area contributed by atoms with Crippen LogP contribution < -0.4 is 16.0 Å². The van der Waals surface area contributed by atoms with Crippen molar-refractivity contribution in [3.8, 4) is 0 Å². The Kier molecular flexibility index (Phi) is 4.36. The molecule has 0 spiro atoms. The molecule has 2 atom stereocenters. The fourth-order valence-electron chi connectivity index (χ4n) is 2.42. The molecule has 5 nitrogen and oxygen atoms in total. The number of carbonyl (C=O) groups excluding carboxylic acids is 2. The van der Waals surface area contributed by atoms with Gasteiger partial charge in [0, 0.05) is 25.6 Å². The molecule has 2 heterocycles. The van der Waals surface area contributed by atoms with E-state index in [1.54, 1.807) is 0 Å². The topological polar surface area (TPSA) is 70.2 Å². The van der Waals surface area contributed by atoms with Gasteiger partial charge in [-0.25, -0.2) is 0 Å². The van der Waals surface area contributed by atoms with Gasteiger partial charge in [-0.2, -0.15) is 0 Å². The predicted molar refractivity (Wildman–Crippen MR) is 64.4 cm³/mol. The van der Waals surface area contributed by atoms with Gasteiger partial charge in [-0.3, -0.25) is 9.59 Å². The molecule has 0 radical (unpaired) electrons. The summed E-state index contributed by atoms with van der Waals surface area (Å²) in [5.74, 6) is 0.0941. The van der Waals surface area contributed by atoms with Gasteiger partial charge < -0.3 is 16.0 Å². The van der Waals surface area contributed by atoms with E-state index in [1.165, 1.54) is 12.8 Å². The van der Waals surface area contributed by atoms with Crippen molar-refractivity contribution in [1.29, 1.82) is 0 Å². The first-order valence-corrected chi connectivity index (χ1v) is 6.53. The van der Waals surface area contributed by atoms with Gasteiger partial charge in [0.25, 0.3) is 0 Å². The van der Waals surface area contributed by atoms with Crippen LogP contribution in [0.2, 0.25) is 0 Å². The maximum absolute atomic E-state index is 11.9. The Bertz CT molecular complexity index is 277. The smallest absolute Gasteiger partial charge is 0.224 e. The number of amides is 2. The number of rotatable bonds is 3. The Morgan fingerprint density at radius 3 is 2.88 bits per heavy atom. The van der Waals surface area contributed by atoms with Crippen molar-refractivity contribution in [2.75, 3.05) is 19.6 Å². The van der Waals surface area contributed by atoms with E-state index in [0.717, 1.165) is 13.0 Å². The molecule has 2 rings (SSSR count). The van der Waals surface area contributed by atoms with Crippen LogP contribution in [0.25, 0.3) is 0 Å². The molecule has 0 aliphatic carbocycles. The van der Waals surface area contributed by atoms with E-state index in [1.807, 2.05) is 0 Å². The first-order chi connectivity index (χ1) is 8.25. The lowest BCUT2D eigenvalue weighted by molar-refractivity contribution is -0.129. The van der Waals surface area contributed by atoms with Crippen molar-refractivity contribution in [3.05, 3.63) is 0 Å². The summed E-state index contributed by atoms with van der Waals surface area (Å²) in [4.78, 5) is 22.8. The number of nitrogens with one attached hydrogen (secondary N) is 3. The van der Waals surface area contributed by atoms with Crippen LogP contribution in [0, 0.1) is 5.92 Å². The Balaban J connectivity index is 1.67. The highest BCUT2D eigenvalue weighted by Crippen LogP contribution is 2.11. The third kappa shape index (κ3) is 3.70. The molecule has 2 amide bonds. The zero-order valence-electron chi connectivity index (χ0n) is 10.1. The van der Waals surface area contributed by atoms with Gasteiger partial charge in [0.05, 0.1) is 5.92 Å². The van der Waals surface area contributed by atoms with Crippen molar-refractivity contribution in [2.45, 2.75) is 38.1 Å². The van der Waals surface area contributed by atoms with Crippen LogP contribution in [0.5, 0.6) is 0 Å². The average molecular weight is 239 g/mol. The number of piperidine rings is 2. The van der Waals surface area contributed by atoms with Crippen molar-refractivity contribution in [1.82, 2.24) is 16.0 Å². The molecule has 2 aliphatic rings. The van der Waals surface area contributed by atoms with Gasteiger partial charge in [-0.05, 0) is 25.8 Å². The molecule has 2 fully saturated rings. The number of hydrogen-bond donors (Lipinski definition) is 3. The summed E-state index contributed by atoms with van der Waals surface area (Å²) in [7, 11) is 0. The molecule has 0 aromatic heterocycles. The summed E-state index contributed by atoms with van der Waals surface area (Å²) in [6.07, 6.45) is 4.77. The molecule has 2 saturated heterocycles. The highest BCUT2D eigenvalue weighted by atomic mass is 16.2. The summed E-state index contributed by atoms with van der Waals surface area (Å²) >= 11 is 0. The molecule has 0 saturated carbocycles. The SMILES string of the molecule is O=C1CCC(C(=O)NCC2CCCCN2)CN1. The van der Waals surface area contributed by atoms with Crippen LogP contribution >= 0.6 is 0 Å². The Labute approximate surface area is 102 Å². The molecule has 0 aromatic rings. The molecule has 2 aliphatic heterocycles. The average Bonchev–Trinajstić information content (AvgIpc) is 2.38. The van der Waals surface area contributed by atoms with Gasteiger partial charge in [0.2, 0.25) is 11.8 Å². The van der Waals surface area contributed by atoms with Crippen LogP contribution in [-0.2, 0) is 9.59 Å². The van der Waals surface area contributed by atoms with E-state index in [0.29, 0.717) is 32.0 Å². The van der Waals surface area contributed by atoms with Gasteiger partial charge >= 0.3 is 0 Å². The molecule has 96 valence electrons. The van der Waals surface area contributed by atoms with E-state index < -0.39 is 0 Å². The highest BCUT2D eigenvalue weighted by Gasteiger charge is 2.24. The molecular formula is C12H21N3O2. The van der Waals surface area contributed by atoms with E-state index in [9.17, 15) is 9.59 Å². The minimum absolute atomic E-state index is 0.0451. The van der Waals surface area contributed by atoms with E-state index >= 15 is 0 Å². The van der Waals surface area contributed by atoms with Crippen LogP contribution in [0.1, 0.15) is 32.1 Å². The molecule has 5 heteroatoms. The lowest BCUT2D eigenvalue weighted by Crippen LogP contribution is -2.48. The van der Waals surface area contributed by atoms with Gasteiger partial charge in [0.15, 0.2) is 0 Å². The largest absolute Gasteiger partial charge is 0.355 e. The second-order valence-electron chi connectivity index (χ2n) is 4.93. The van der Waals surface area contributed by atoms with Crippen LogP contribution in [0.3, 0.4) is 0 Å². The summed E-state index contributed by atoms with van der Waals surface area (Å²) < 4.78 is 0. The number of hydrogen-bond acceptors (Lipinski definition) is 3. The zero-order valence-corrected chi connectivity index (χ0v) is 10.1.